The normalized spacial score (nSPS) is 12.2. The molecule has 3 aromatic carbocycles. The number of aromatic amines is 1. The van der Waals surface area contributed by atoms with E-state index in [9.17, 15) is 27.6 Å². The second-order valence-corrected chi connectivity index (χ2v) is 7.36. The number of halogens is 3. The molecule has 1 amide bonds. The van der Waals surface area contributed by atoms with Crippen molar-refractivity contribution in [2.75, 3.05) is 5.32 Å². The fourth-order valence-electron chi connectivity index (χ4n) is 3.36. The number of rotatable bonds is 5. The van der Waals surface area contributed by atoms with Crippen LogP contribution in [0.5, 0.6) is 0 Å². The molecular formula is C25H17F3N2O4. The topological polar surface area (TPSA) is 88.3 Å². The van der Waals surface area contributed by atoms with E-state index in [1.54, 1.807) is 42.5 Å². The van der Waals surface area contributed by atoms with Crippen LogP contribution in [0, 0.1) is 0 Å². The highest BCUT2D eigenvalue weighted by Crippen LogP contribution is 2.31. The maximum Gasteiger partial charge on any atom is 0.416 e. The number of H-pyrrole nitrogens is 1. The third kappa shape index (κ3) is 4.98. The Labute approximate surface area is 191 Å². The fourth-order valence-corrected chi connectivity index (χ4v) is 3.36. The van der Waals surface area contributed by atoms with Gasteiger partial charge in [0.05, 0.1) is 5.56 Å². The number of hydrogen-bond acceptors (Lipinski definition) is 4. The molecule has 172 valence electrons. The van der Waals surface area contributed by atoms with Crippen molar-refractivity contribution in [2.45, 2.75) is 12.3 Å². The summed E-state index contributed by atoms with van der Waals surface area (Å²) in [6, 6.07) is 19.7. The molecule has 0 bridgehead atoms. The number of alkyl halides is 3. The van der Waals surface area contributed by atoms with E-state index >= 15 is 0 Å². The van der Waals surface area contributed by atoms with Crippen LogP contribution in [-0.2, 0) is 15.7 Å². The minimum absolute atomic E-state index is 0.115. The Morgan fingerprint density at radius 2 is 1.59 bits per heavy atom. The molecule has 2 N–H and O–H groups in total. The van der Waals surface area contributed by atoms with E-state index in [1.165, 1.54) is 18.2 Å². The van der Waals surface area contributed by atoms with Crippen LogP contribution < -0.4 is 10.7 Å². The lowest BCUT2D eigenvalue weighted by Crippen LogP contribution is -2.26. The zero-order valence-electron chi connectivity index (χ0n) is 17.4. The van der Waals surface area contributed by atoms with Gasteiger partial charge in [-0.1, -0.05) is 48.5 Å². The SMILES string of the molecule is O=C(OC(C(=O)Nc1cccc(C(F)(F)F)c1)c1ccccc1)c1cc(=O)c2ccccc2[nH]1. The van der Waals surface area contributed by atoms with Gasteiger partial charge in [-0.15, -0.1) is 0 Å². The maximum atomic E-state index is 13.0. The third-order valence-corrected chi connectivity index (χ3v) is 4.98. The van der Waals surface area contributed by atoms with Crippen LogP contribution in [0.2, 0.25) is 0 Å². The van der Waals surface area contributed by atoms with Gasteiger partial charge in [0.25, 0.3) is 5.91 Å². The van der Waals surface area contributed by atoms with Crippen LogP contribution in [0.15, 0.2) is 89.7 Å². The van der Waals surface area contributed by atoms with Crippen LogP contribution in [0.1, 0.15) is 27.7 Å². The molecular weight excluding hydrogens is 449 g/mol. The first-order chi connectivity index (χ1) is 16.2. The van der Waals surface area contributed by atoms with E-state index in [0.29, 0.717) is 16.5 Å². The molecule has 9 heteroatoms. The first-order valence-corrected chi connectivity index (χ1v) is 10.1. The molecule has 1 heterocycles. The number of carbonyl (C=O) groups excluding carboxylic acids is 2. The molecule has 4 aromatic rings. The van der Waals surface area contributed by atoms with E-state index in [1.807, 2.05) is 0 Å². The van der Waals surface area contributed by atoms with Gasteiger partial charge in [0.1, 0.15) is 5.69 Å². The van der Waals surface area contributed by atoms with Gasteiger partial charge in [-0.25, -0.2) is 4.79 Å². The zero-order valence-corrected chi connectivity index (χ0v) is 17.4. The van der Waals surface area contributed by atoms with E-state index < -0.39 is 35.1 Å². The highest BCUT2D eigenvalue weighted by molar-refractivity contribution is 5.98. The summed E-state index contributed by atoms with van der Waals surface area (Å²) in [4.78, 5) is 41.0. The Morgan fingerprint density at radius 1 is 0.882 bits per heavy atom. The number of aromatic nitrogens is 1. The summed E-state index contributed by atoms with van der Waals surface area (Å²) in [5.74, 6) is -1.84. The molecule has 0 saturated carbocycles. The van der Waals surface area contributed by atoms with Gasteiger partial charge in [0, 0.05) is 28.2 Å². The van der Waals surface area contributed by atoms with Crippen LogP contribution >= 0.6 is 0 Å². The second kappa shape index (κ2) is 9.22. The van der Waals surface area contributed by atoms with Crippen molar-refractivity contribution in [2.24, 2.45) is 0 Å². The Kier molecular flexibility index (Phi) is 6.18. The minimum atomic E-state index is -4.59. The number of ether oxygens (including phenoxy) is 1. The van der Waals surface area contributed by atoms with Crippen molar-refractivity contribution >= 4 is 28.5 Å². The average molecular weight is 466 g/mol. The smallest absolute Gasteiger partial charge is 0.416 e. The summed E-state index contributed by atoms with van der Waals surface area (Å²) in [5, 5.41) is 2.74. The molecule has 1 unspecified atom stereocenters. The molecule has 0 aliphatic rings. The number of carbonyl (C=O) groups is 2. The Balaban J connectivity index is 1.63. The predicted octanol–water partition coefficient (Wildman–Crippen LogP) is 5.08. The predicted molar refractivity (Wildman–Crippen MR) is 119 cm³/mol. The van der Waals surface area contributed by atoms with Crippen molar-refractivity contribution in [3.63, 3.8) is 0 Å². The molecule has 0 saturated heterocycles. The zero-order chi connectivity index (χ0) is 24.3. The third-order valence-electron chi connectivity index (χ3n) is 4.98. The number of pyridine rings is 1. The molecule has 1 atom stereocenters. The molecule has 0 radical (unpaired) electrons. The Morgan fingerprint density at radius 3 is 2.32 bits per heavy atom. The molecule has 0 aliphatic carbocycles. The summed E-state index contributed by atoms with van der Waals surface area (Å²) in [6.45, 7) is 0. The van der Waals surface area contributed by atoms with E-state index in [-0.39, 0.29) is 11.4 Å². The number of benzene rings is 3. The minimum Gasteiger partial charge on any atom is -0.443 e. The number of para-hydroxylation sites is 1. The van der Waals surface area contributed by atoms with Crippen LogP contribution in [0.3, 0.4) is 0 Å². The number of anilines is 1. The summed E-state index contributed by atoms with van der Waals surface area (Å²) in [7, 11) is 0. The van der Waals surface area contributed by atoms with Crippen molar-refractivity contribution in [1.82, 2.24) is 4.98 Å². The largest absolute Gasteiger partial charge is 0.443 e. The lowest BCUT2D eigenvalue weighted by Gasteiger charge is -2.18. The first-order valence-electron chi connectivity index (χ1n) is 10.1. The van der Waals surface area contributed by atoms with Crippen LogP contribution in [0.25, 0.3) is 10.9 Å². The molecule has 0 spiro atoms. The molecule has 6 nitrogen and oxygen atoms in total. The van der Waals surface area contributed by atoms with Gasteiger partial charge < -0.3 is 15.0 Å². The van der Waals surface area contributed by atoms with Crippen molar-refractivity contribution < 1.29 is 27.5 Å². The highest BCUT2D eigenvalue weighted by Gasteiger charge is 2.31. The standard InChI is InChI=1S/C25H17F3N2O4/c26-25(27,28)16-9-6-10-17(13-16)29-23(32)22(15-7-2-1-3-8-15)34-24(33)20-14-21(31)18-11-4-5-12-19(18)30-20/h1-14,22H,(H,29,32)(H,30,31). The number of fused-ring (bicyclic) bond motifs is 1. The van der Waals surface area contributed by atoms with Crippen molar-refractivity contribution in [3.8, 4) is 0 Å². The monoisotopic (exact) mass is 466 g/mol. The quantitative estimate of drug-likeness (QED) is 0.402. The summed E-state index contributed by atoms with van der Waals surface area (Å²) in [5.41, 5.74) is -0.930. The number of amides is 1. The summed E-state index contributed by atoms with van der Waals surface area (Å²) < 4.78 is 44.5. The van der Waals surface area contributed by atoms with Gasteiger partial charge >= 0.3 is 12.1 Å². The fraction of sp³-hybridized carbons (Fsp3) is 0.0800. The Hall–Kier alpha value is -4.40. The second-order valence-electron chi connectivity index (χ2n) is 7.36. The van der Waals surface area contributed by atoms with Gasteiger partial charge in [0.15, 0.2) is 5.43 Å². The number of esters is 1. The molecule has 4 rings (SSSR count). The summed E-state index contributed by atoms with van der Waals surface area (Å²) >= 11 is 0. The Bertz CT molecular complexity index is 1420. The molecule has 0 aliphatic heterocycles. The van der Waals surface area contributed by atoms with Gasteiger partial charge in [0.2, 0.25) is 6.10 Å². The molecule has 34 heavy (non-hydrogen) atoms. The van der Waals surface area contributed by atoms with Crippen molar-refractivity contribution in [3.05, 3.63) is 112 Å². The highest BCUT2D eigenvalue weighted by atomic mass is 19.4. The summed E-state index contributed by atoms with van der Waals surface area (Å²) in [6.07, 6.45) is -6.08. The lowest BCUT2D eigenvalue weighted by atomic mass is 10.1. The van der Waals surface area contributed by atoms with E-state index in [0.717, 1.165) is 24.3 Å². The first kappa shape index (κ1) is 22.8. The maximum absolute atomic E-state index is 13.0. The number of nitrogens with one attached hydrogen (secondary N) is 2. The lowest BCUT2D eigenvalue weighted by molar-refractivity contribution is -0.137. The van der Waals surface area contributed by atoms with Gasteiger partial charge in [-0.3, -0.25) is 9.59 Å². The molecule has 1 aromatic heterocycles. The van der Waals surface area contributed by atoms with Gasteiger partial charge in [-0.05, 0) is 30.3 Å². The average Bonchev–Trinajstić information content (AvgIpc) is 2.82. The van der Waals surface area contributed by atoms with Gasteiger partial charge in [-0.2, -0.15) is 13.2 Å². The number of hydrogen-bond donors (Lipinski definition) is 2. The van der Waals surface area contributed by atoms with Crippen molar-refractivity contribution in [1.29, 1.82) is 0 Å². The molecule has 0 fully saturated rings. The van der Waals surface area contributed by atoms with Crippen LogP contribution in [-0.4, -0.2) is 16.9 Å². The van der Waals surface area contributed by atoms with E-state index in [4.69, 9.17) is 4.74 Å². The van der Waals surface area contributed by atoms with Crippen LogP contribution in [0.4, 0.5) is 18.9 Å². The van der Waals surface area contributed by atoms with E-state index in [2.05, 4.69) is 10.3 Å².